The monoisotopic (exact) mass is 313 g/mol. The molecule has 3 heteroatoms. The molecular formula is C20H27NO2. The van der Waals surface area contributed by atoms with Crippen LogP contribution in [0.15, 0.2) is 24.3 Å². The van der Waals surface area contributed by atoms with Crippen molar-refractivity contribution in [3.05, 3.63) is 35.4 Å². The van der Waals surface area contributed by atoms with Crippen molar-refractivity contribution in [1.29, 1.82) is 0 Å². The highest BCUT2D eigenvalue weighted by Gasteiger charge is 2.56. The molecule has 0 unspecified atom stereocenters. The maximum Gasteiger partial charge on any atom is 0.313 e. The van der Waals surface area contributed by atoms with Crippen LogP contribution >= 0.6 is 0 Å². The van der Waals surface area contributed by atoms with Crippen molar-refractivity contribution in [3.63, 3.8) is 0 Å². The van der Waals surface area contributed by atoms with Crippen molar-refractivity contribution in [2.24, 2.45) is 17.3 Å². The highest BCUT2D eigenvalue weighted by molar-refractivity contribution is 5.78. The fourth-order valence-corrected chi connectivity index (χ4v) is 5.23. The van der Waals surface area contributed by atoms with E-state index in [4.69, 9.17) is 4.74 Å². The molecule has 1 aromatic carbocycles. The molecule has 3 aliphatic rings. The highest BCUT2D eigenvalue weighted by atomic mass is 16.5. The summed E-state index contributed by atoms with van der Waals surface area (Å²) in [6.45, 7) is 3.23. The molecule has 0 bridgehead atoms. The molecule has 0 saturated heterocycles. The average Bonchev–Trinajstić information content (AvgIpc) is 3.07. The van der Waals surface area contributed by atoms with Gasteiger partial charge in [0.2, 0.25) is 0 Å². The number of hydrogen-bond donors (Lipinski definition) is 1. The van der Waals surface area contributed by atoms with E-state index in [-0.39, 0.29) is 17.4 Å². The van der Waals surface area contributed by atoms with Gasteiger partial charge in [-0.15, -0.1) is 0 Å². The van der Waals surface area contributed by atoms with E-state index in [1.54, 1.807) is 11.1 Å². The number of carbonyl (C=O) groups is 1. The van der Waals surface area contributed by atoms with Crippen LogP contribution in [0.1, 0.15) is 49.7 Å². The van der Waals surface area contributed by atoms with Gasteiger partial charge in [-0.05, 0) is 61.1 Å². The molecule has 124 valence electrons. The lowest BCUT2D eigenvalue weighted by atomic mass is 9.63. The van der Waals surface area contributed by atoms with Crippen LogP contribution in [0.2, 0.25) is 0 Å². The van der Waals surface area contributed by atoms with Crippen LogP contribution in [0.5, 0.6) is 0 Å². The van der Waals surface area contributed by atoms with Crippen LogP contribution in [0.4, 0.5) is 0 Å². The standard InChI is InChI=1S/C20H27NO2/c1-3-17(20(9-6-10-20)19(22)23-2)21-12-16-15-11-13-7-4-5-8-14(13)18(15)16/h4-5,7-8,15-18,21H,3,6,9-12H2,1-2H3/t15-,16+,17-,18+/m0/s1. The second kappa shape index (κ2) is 5.62. The minimum atomic E-state index is -0.259. The molecule has 1 N–H and O–H groups in total. The second-order valence-electron chi connectivity index (χ2n) is 7.63. The van der Waals surface area contributed by atoms with E-state index >= 15 is 0 Å². The lowest BCUT2D eigenvalue weighted by Gasteiger charge is -2.45. The third-order valence-corrected chi connectivity index (χ3v) is 6.71. The smallest absolute Gasteiger partial charge is 0.313 e. The number of rotatable bonds is 6. The summed E-state index contributed by atoms with van der Waals surface area (Å²) in [5, 5.41) is 3.75. The van der Waals surface area contributed by atoms with E-state index in [0.717, 1.165) is 50.0 Å². The average molecular weight is 313 g/mol. The summed E-state index contributed by atoms with van der Waals surface area (Å²) < 4.78 is 5.10. The van der Waals surface area contributed by atoms with Gasteiger partial charge in [-0.2, -0.15) is 0 Å². The Morgan fingerprint density at radius 1 is 1.39 bits per heavy atom. The largest absolute Gasteiger partial charge is 0.469 e. The van der Waals surface area contributed by atoms with Gasteiger partial charge in [-0.1, -0.05) is 37.6 Å². The summed E-state index contributed by atoms with van der Waals surface area (Å²) in [5.74, 6) is 2.33. The lowest BCUT2D eigenvalue weighted by molar-refractivity contribution is -0.161. The summed E-state index contributed by atoms with van der Waals surface area (Å²) >= 11 is 0. The first-order valence-corrected chi connectivity index (χ1v) is 9.11. The SMILES string of the molecule is CC[C@H](NC[C@@H]1[C@@H]2Cc3ccccc3[C@@H]12)C1(C(=O)OC)CCC1. The van der Waals surface area contributed by atoms with Crippen LogP contribution in [-0.2, 0) is 16.0 Å². The Bertz CT molecular complexity index is 607. The number of nitrogens with one attached hydrogen (secondary N) is 1. The Kier molecular flexibility index (Phi) is 3.72. The number of methoxy groups -OCH3 is 1. The molecule has 2 fully saturated rings. The van der Waals surface area contributed by atoms with Gasteiger partial charge in [0, 0.05) is 6.04 Å². The number of esters is 1. The van der Waals surface area contributed by atoms with Crippen LogP contribution in [0, 0.1) is 17.3 Å². The molecule has 0 heterocycles. The van der Waals surface area contributed by atoms with Crippen LogP contribution in [0.3, 0.4) is 0 Å². The molecule has 0 radical (unpaired) electrons. The third-order valence-electron chi connectivity index (χ3n) is 6.71. The van der Waals surface area contributed by atoms with Crippen molar-refractivity contribution in [3.8, 4) is 0 Å². The normalized spacial score (nSPS) is 30.8. The van der Waals surface area contributed by atoms with E-state index in [1.165, 1.54) is 13.5 Å². The second-order valence-corrected chi connectivity index (χ2v) is 7.63. The number of carbonyl (C=O) groups excluding carboxylic acids is 1. The number of fused-ring (bicyclic) bond motifs is 3. The van der Waals surface area contributed by atoms with E-state index in [1.807, 2.05) is 0 Å². The molecule has 0 aliphatic heterocycles. The van der Waals surface area contributed by atoms with Crippen molar-refractivity contribution in [2.75, 3.05) is 13.7 Å². The van der Waals surface area contributed by atoms with E-state index in [0.29, 0.717) is 0 Å². The maximum atomic E-state index is 12.3. The fourth-order valence-electron chi connectivity index (χ4n) is 5.23. The van der Waals surface area contributed by atoms with Crippen molar-refractivity contribution in [1.82, 2.24) is 5.32 Å². The van der Waals surface area contributed by atoms with E-state index in [2.05, 4.69) is 36.5 Å². The third kappa shape index (κ3) is 2.24. The number of ether oxygens (including phenoxy) is 1. The van der Waals surface area contributed by atoms with Crippen molar-refractivity contribution < 1.29 is 9.53 Å². The van der Waals surface area contributed by atoms with Gasteiger partial charge in [0.05, 0.1) is 12.5 Å². The van der Waals surface area contributed by atoms with Crippen LogP contribution in [-0.4, -0.2) is 25.7 Å². The van der Waals surface area contributed by atoms with Gasteiger partial charge in [-0.25, -0.2) is 0 Å². The van der Waals surface area contributed by atoms with Gasteiger partial charge in [0.1, 0.15) is 0 Å². The molecule has 23 heavy (non-hydrogen) atoms. The first-order valence-electron chi connectivity index (χ1n) is 9.11. The minimum Gasteiger partial charge on any atom is -0.469 e. The first-order chi connectivity index (χ1) is 11.2. The summed E-state index contributed by atoms with van der Waals surface area (Å²) in [5.41, 5.74) is 2.87. The summed E-state index contributed by atoms with van der Waals surface area (Å²) in [4.78, 5) is 12.3. The summed E-state index contributed by atoms with van der Waals surface area (Å²) in [6, 6.07) is 9.17. The topological polar surface area (TPSA) is 38.3 Å². The molecule has 3 nitrogen and oxygen atoms in total. The molecule has 0 spiro atoms. The molecule has 2 saturated carbocycles. The molecule has 1 aromatic rings. The van der Waals surface area contributed by atoms with Gasteiger partial charge in [0.15, 0.2) is 0 Å². The Labute approximate surface area is 138 Å². The van der Waals surface area contributed by atoms with Crippen LogP contribution < -0.4 is 5.32 Å². The Hall–Kier alpha value is -1.35. The van der Waals surface area contributed by atoms with Crippen LogP contribution in [0.25, 0.3) is 0 Å². The molecule has 0 aromatic heterocycles. The predicted octanol–water partition coefficient (Wildman–Crippen LogP) is 3.28. The zero-order chi connectivity index (χ0) is 16.0. The van der Waals surface area contributed by atoms with Gasteiger partial charge < -0.3 is 10.1 Å². The first kappa shape index (κ1) is 15.2. The summed E-state index contributed by atoms with van der Waals surface area (Å²) in [7, 11) is 1.53. The van der Waals surface area contributed by atoms with Gasteiger partial charge in [-0.3, -0.25) is 4.79 Å². The number of hydrogen-bond acceptors (Lipinski definition) is 3. The Morgan fingerprint density at radius 2 is 2.17 bits per heavy atom. The summed E-state index contributed by atoms with van der Waals surface area (Å²) in [6.07, 6.45) is 5.34. The molecule has 0 amide bonds. The van der Waals surface area contributed by atoms with Gasteiger partial charge >= 0.3 is 5.97 Å². The van der Waals surface area contributed by atoms with Crippen molar-refractivity contribution in [2.45, 2.75) is 51.0 Å². The highest BCUT2D eigenvalue weighted by Crippen LogP contribution is 2.61. The molecule has 4 atom stereocenters. The maximum absolute atomic E-state index is 12.3. The van der Waals surface area contributed by atoms with E-state index < -0.39 is 0 Å². The minimum absolute atomic E-state index is 0.00978. The Morgan fingerprint density at radius 3 is 2.83 bits per heavy atom. The fraction of sp³-hybridized carbons (Fsp3) is 0.650. The number of benzene rings is 1. The quantitative estimate of drug-likeness (QED) is 0.819. The molecular weight excluding hydrogens is 286 g/mol. The predicted molar refractivity (Wildman–Crippen MR) is 90.2 cm³/mol. The zero-order valence-corrected chi connectivity index (χ0v) is 14.2. The molecule has 3 aliphatic carbocycles. The molecule has 4 rings (SSSR count). The zero-order valence-electron chi connectivity index (χ0n) is 14.2. The van der Waals surface area contributed by atoms with Crippen molar-refractivity contribution >= 4 is 5.97 Å². The Balaban J connectivity index is 1.39. The van der Waals surface area contributed by atoms with Gasteiger partial charge in [0.25, 0.3) is 0 Å². The van der Waals surface area contributed by atoms with E-state index in [9.17, 15) is 4.79 Å². The lowest BCUT2D eigenvalue weighted by Crippen LogP contribution is -2.55.